The first-order valence-corrected chi connectivity index (χ1v) is 6.96. The van der Waals surface area contributed by atoms with Crippen molar-refractivity contribution in [3.8, 4) is 0 Å². The largest absolute Gasteiger partial charge is 0.481 e. The van der Waals surface area contributed by atoms with Crippen molar-refractivity contribution in [2.75, 3.05) is 5.75 Å². The van der Waals surface area contributed by atoms with Crippen molar-refractivity contribution in [3.63, 3.8) is 0 Å². The van der Waals surface area contributed by atoms with Gasteiger partial charge in [0.25, 0.3) is 0 Å². The molecule has 0 saturated heterocycles. The zero-order valence-corrected chi connectivity index (χ0v) is 11.4. The summed E-state index contributed by atoms with van der Waals surface area (Å²) in [6.45, 7) is 3.44. The maximum atomic E-state index is 11.4. The lowest BCUT2D eigenvalue weighted by Gasteiger charge is -2.22. The zero-order chi connectivity index (χ0) is 13.5. The second kappa shape index (κ2) is 7.21. The van der Waals surface area contributed by atoms with Gasteiger partial charge in [0.1, 0.15) is 0 Å². The van der Waals surface area contributed by atoms with Gasteiger partial charge in [-0.3, -0.25) is 9.59 Å². The van der Waals surface area contributed by atoms with Gasteiger partial charge < -0.3 is 5.11 Å². The number of carbonyl (C=O) groups excluding carboxylic acids is 1. The number of carboxylic acids is 1. The van der Waals surface area contributed by atoms with Crippen LogP contribution in [0.2, 0.25) is 0 Å². The van der Waals surface area contributed by atoms with Crippen LogP contribution in [-0.4, -0.2) is 21.9 Å². The molecule has 4 heteroatoms. The molecule has 98 valence electrons. The lowest BCUT2D eigenvalue weighted by atomic mass is 9.85. The van der Waals surface area contributed by atoms with E-state index < -0.39 is 11.9 Å². The highest BCUT2D eigenvalue weighted by atomic mass is 32.2. The molecular weight excluding hydrogens is 248 g/mol. The molecule has 0 heterocycles. The Labute approximate surface area is 112 Å². The summed E-state index contributed by atoms with van der Waals surface area (Å²) in [6, 6.07) is 9.63. The van der Waals surface area contributed by atoms with E-state index >= 15 is 0 Å². The van der Waals surface area contributed by atoms with Crippen LogP contribution in [0.5, 0.6) is 0 Å². The van der Waals surface area contributed by atoms with E-state index in [4.69, 9.17) is 0 Å². The Hall–Kier alpha value is -1.29. The Morgan fingerprint density at radius 3 is 2.33 bits per heavy atom. The van der Waals surface area contributed by atoms with Crippen LogP contribution in [0.25, 0.3) is 0 Å². The Morgan fingerprint density at radius 1 is 1.28 bits per heavy atom. The second-order valence-corrected chi connectivity index (χ2v) is 5.37. The fraction of sp³-hybridized carbons (Fsp3) is 0.429. The topological polar surface area (TPSA) is 54.4 Å². The molecule has 2 unspecified atom stereocenters. The van der Waals surface area contributed by atoms with Gasteiger partial charge in [-0.25, -0.2) is 0 Å². The van der Waals surface area contributed by atoms with Crippen LogP contribution < -0.4 is 0 Å². The molecule has 0 aliphatic heterocycles. The lowest BCUT2D eigenvalue weighted by Crippen LogP contribution is -2.24. The zero-order valence-electron chi connectivity index (χ0n) is 10.6. The first-order valence-electron chi connectivity index (χ1n) is 5.97. The monoisotopic (exact) mass is 266 g/mol. The molecule has 0 amide bonds. The third-order valence-corrected chi connectivity index (χ3v) is 3.87. The summed E-state index contributed by atoms with van der Waals surface area (Å²) in [5, 5.41) is 9.29. The molecule has 1 aromatic rings. The third kappa shape index (κ3) is 4.18. The quantitative estimate of drug-likeness (QED) is 0.859. The highest BCUT2D eigenvalue weighted by molar-refractivity contribution is 8.13. The predicted molar refractivity (Wildman–Crippen MR) is 73.7 cm³/mol. The highest BCUT2D eigenvalue weighted by Gasteiger charge is 2.28. The molecule has 0 bridgehead atoms. The second-order valence-electron chi connectivity index (χ2n) is 4.17. The molecular formula is C14H18O3S. The number of thioether (sulfide) groups is 1. The average Bonchev–Trinajstić information content (AvgIpc) is 2.34. The average molecular weight is 266 g/mol. The lowest BCUT2D eigenvalue weighted by molar-refractivity contribution is -0.141. The first kappa shape index (κ1) is 14.8. The van der Waals surface area contributed by atoms with E-state index in [9.17, 15) is 14.7 Å². The fourth-order valence-corrected chi connectivity index (χ4v) is 2.81. The van der Waals surface area contributed by atoms with Gasteiger partial charge in [-0.1, -0.05) is 49.0 Å². The van der Waals surface area contributed by atoms with E-state index in [2.05, 4.69) is 0 Å². The van der Waals surface area contributed by atoms with Gasteiger partial charge in [0, 0.05) is 12.7 Å². The van der Waals surface area contributed by atoms with Crippen LogP contribution >= 0.6 is 11.8 Å². The Bertz CT molecular complexity index is 403. The molecule has 18 heavy (non-hydrogen) atoms. The van der Waals surface area contributed by atoms with Gasteiger partial charge in [-0.15, -0.1) is 0 Å². The SMILES string of the molecule is CCC(c1ccccc1)C(CSC(C)=O)C(=O)O. The van der Waals surface area contributed by atoms with Crippen LogP contribution in [-0.2, 0) is 9.59 Å². The number of hydrogen-bond acceptors (Lipinski definition) is 3. The Kier molecular flexibility index (Phi) is 5.92. The summed E-state index contributed by atoms with van der Waals surface area (Å²) in [4.78, 5) is 22.3. The number of aliphatic carboxylic acids is 1. The normalized spacial score (nSPS) is 13.9. The van der Waals surface area contributed by atoms with E-state index in [1.807, 2.05) is 37.3 Å². The summed E-state index contributed by atoms with van der Waals surface area (Å²) in [6.07, 6.45) is 0.749. The minimum atomic E-state index is -0.834. The van der Waals surface area contributed by atoms with Gasteiger partial charge in [0.2, 0.25) is 0 Å². The van der Waals surface area contributed by atoms with Crippen molar-refractivity contribution >= 4 is 22.8 Å². The van der Waals surface area contributed by atoms with Crippen LogP contribution in [0, 0.1) is 5.92 Å². The summed E-state index contributed by atoms with van der Waals surface area (Å²) in [5.74, 6) is -1.07. The number of carboxylic acid groups (broad SMARTS) is 1. The number of benzene rings is 1. The van der Waals surface area contributed by atoms with Gasteiger partial charge in [-0.2, -0.15) is 0 Å². The molecule has 1 N–H and O–H groups in total. The molecule has 1 aromatic carbocycles. The van der Waals surface area contributed by atoms with Crippen molar-refractivity contribution in [2.45, 2.75) is 26.2 Å². The molecule has 3 nitrogen and oxygen atoms in total. The Balaban J connectivity index is 2.88. The smallest absolute Gasteiger partial charge is 0.307 e. The molecule has 0 aromatic heterocycles. The van der Waals surface area contributed by atoms with Crippen LogP contribution in [0.1, 0.15) is 31.7 Å². The number of carbonyl (C=O) groups is 2. The van der Waals surface area contributed by atoms with Gasteiger partial charge >= 0.3 is 5.97 Å². The molecule has 0 radical (unpaired) electrons. The molecule has 0 spiro atoms. The number of rotatable bonds is 6. The molecule has 0 aliphatic rings. The van der Waals surface area contributed by atoms with Crippen molar-refractivity contribution in [3.05, 3.63) is 35.9 Å². The van der Waals surface area contributed by atoms with Gasteiger partial charge in [-0.05, 0) is 17.9 Å². The minimum Gasteiger partial charge on any atom is -0.481 e. The summed E-state index contributed by atoms with van der Waals surface area (Å²) in [7, 11) is 0. The van der Waals surface area contributed by atoms with Crippen molar-refractivity contribution in [1.29, 1.82) is 0 Å². The van der Waals surface area contributed by atoms with Crippen LogP contribution in [0.3, 0.4) is 0 Å². The van der Waals surface area contributed by atoms with Crippen LogP contribution in [0.15, 0.2) is 30.3 Å². The van der Waals surface area contributed by atoms with Crippen molar-refractivity contribution < 1.29 is 14.7 Å². The molecule has 0 fully saturated rings. The maximum Gasteiger partial charge on any atom is 0.307 e. The predicted octanol–water partition coefficient (Wildman–Crippen LogP) is 3.16. The summed E-state index contributed by atoms with van der Waals surface area (Å²) >= 11 is 1.09. The number of hydrogen-bond donors (Lipinski definition) is 1. The van der Waals surface area contributed by atoms with Crippen molar-refractivity contribution in [2.24, 2.45) is 5.92 Å². The van der Waals surface area contributed by atoms with E-state index in [-0.39, 0.29) is 11.0 Å². The van der Waals surface area contributed by atoms with E-state index in [0.29, 0.717) is 5.75 Å². The molecule has 1 rings (SSSR count). The fourth-order valence-electron chi connectivity index (χ4n) is 2.02. The van der Waals surface area contributed by atoms with E-state index in [0.717, 1.165) is 23.7 Å². The minimum absolute atomic E-state index is 0.0378. The van der Waals surface area contributed by atoms with Gasteiger partial charge in [0.05, 0.1) is 5.92 Å². The standard InChI is InChI=1S/C14H18O3S/c1-3-12(11-7-5-4-6-8-11)13(14(16)17)9-18-10(2)15/h4-8,12-13H,3,9H2,1-2H3,(H,16,17). The summed E-state index contributed by atoms with van der Waals surface area (Å²) < 4.78 is 0. The summed E-state index contributed by atoms with van der Waals surface area (Å²) in [5.41, 5.74) is 1.02. The van der Waals surface area contributed by atoms with Gasteiger partial charge in [0.15, 0.2) is 5.12 Å². The molecule has 0 aliphatic carbocycles. The van der Waals surface area contributed by atoms with Crippen LogP contribution in [0.4, 0.5) is 0 Å². The van der Waals surface area contributed by atoms with E-state index in [1.165, 1.54) is 6.92 Å². The van der Waals surface area contributed by atoms with Crippen molar-refractivity contribution in [1.82, 2.24) is 0 Å². The maximum absolute atomic E-state index is 11.4. The molecule has 0 saturated carbocycles. The third-order valence-electron chi connectivity index (χ3n) is 2.94. The van der Waals surface area contributed by atoms with E-state index in [1.54, 1.807) is 0 Å². The first-order chi connectivity index (χ1) is 8.56. The molecule has 2 atom stereocenters. The highest BCUT2D eigenvalue weighted by Crippen LogP contribution is 2.30. The Morgan fingerprint density at radius 2 is 1.89 bits per heavy atom.